The number of hydrogen-bond donors (Lipinski definition) is 0. The predicted molar refractivity (Wildman–Crippen MR) is 73.4 cm³/mol. The first-order valence-corrected chi connectivity index (χ1v) is 5.97. The lowest BCUT2D eigenvalue weighted by atomic mass is 10.0. The summed E-state index contributed by atoms with van der Waals surface area (Å²) in [4.78, 5) is 0. The Bertz CT molecular complexity index is 482. The first-order valence-electron chi connectivity index (χ1n) is 5.97. The smallest absolute Gasteiger partial charge is 0.183 e. The van der Waals surface area contributed by atoms with Crippen LogP contribution in [0.15, 0.2) is 48.5 Å². The van der Waals surface area contributed by atoms with Crippen LogP contribution < -0.4 is 0 Å². The first kappa shape index (κ1) is 12.8. The van der Waals surface area contributed by atoms with Crippen molar-refractivity contribution in [3.05, 3.63) is 59.7 Å². The van der Waals surface area contributed by atoms with Gasteiger partial charge < -0.3 is 9.47 Å². The molecule has 0 saturated heterocycles. The number of methoxy groups -OCH3 is 2. The van der Waals surface area contributed by atoms with Crippen LogP contribution in [-0.2, 0) is 9.47 Å². The highest BCUT2D eigenvalue weighted by Gasteiger charge is 2.08. The van der Waals surface area contributed by atoms with E-state index in [1.807, 2.05) is 12.1 Å². The molecule has 0 amide bonds. The summed E-state index contributed by atoms with van der Waals surface area (Å²) < 4.78 is 10.4. The maximum Gasteiger partial charge on any atom is 0.183 e. The highest BCUT2D eigenvalue weighted by atomic mass is 16.7. The van der Waals surface area contributed by atoms with Crippen LogP contribution in [-0.4, -0.2) is 14.2 Å². The SMILES string of the molecule is COC(OC)c1ccc(-c2ccc(C)cc2)cc1. The van der Waals surface area contributed by atoms with E-state index in [1.54, 1.807) is 14.2 Å². The molecule has 0 saturated carbocycles. The van der Waals surface area contributed by atoms with Gasteiger partial charge in [0.15, 0.2) is 6.29 Å². The summed E-state index contributed by atoms with van der Waals surface area (Å²) >= 11 is 0. The zero-order chi connectivity index (χ0) is 13.0. The molecule has 0 radical (unpaired) electrons. The monoisotopic (exact) mass is 242 g/mol. The van der Waals surface area contributed by atoms with Crippen LogP contribution in [0.3, 0.4) is 0 Å². The fourth-order valence-corrected chi connectivity index (χ4v) is 1.95. The van der Waals surface area contributed by atoms with Crippen LogP contribution >= 0.6 is 0 Å². The molecule has 2 aromatic rings. The molecule has 0 spiro atoms. The van der Waals surface area contributed by atoms with E-state index in [9.17, 15) is 0 Å². The van der Waals surface area contributed by atoms with Crippen LogP contribution in [0.25, 0.3) is 11.1 Å². The second kappa shape index (κ2) is 5.80. The minimum absolute atomic E-state index is 0.294. The summed E-state index contributed by atoms with van der Waals surface area (Å²) in [7, 11) is 3.28. The van der Waals surface area contributed by atoms with Gasteiger partial charge in [-0.25, -0.2) is 0 Å². The van der Waals surface area contributed by atoms with Gasteiger partial charge in [0.2, 0.25) is 0 Å². The van der Waals surface area contributed by atoms with Crippen LogP contribution in [0, 0.1) is 6.92 Å². The molecule has 0 aliphatic carbocycles. The fourth-order valence-electron chi connectivity index (χ4n) is 1.95. The van der Waals surface area contributed by atoms with Crippen molar-refractivity contribution in [2.24, 2.45) is 0 Å². The number of ether oxygens (including phenoxy) is 2. The molecule has 18 heavy (non-hydrogen) atoms. The predicted octanol–water partition coefficient (Wildman–Crippen LogP) is 3.95. The van der Waals surface area contributed by atoms with Gasteiger partial charge >= 0.3 is 0 Å². The lowest BCUT2D eigenvalue weighted by Gasteiger charge is -2.14. The number of benzene rings is 2. The maximum absolute atomic E-state index is 5.22. The van der Waals surface area contributed by atoms with Crippen molar-refractivity contribution < 1.29 is 9.47 Å². The van der Waals surface area contributed by atoms with E-state index in [2.05, 4.69) is 43.3 Å². The Morgan fingerprint density at radius 1 is 0.722 bits per heavy atom. The molecule has 0 atom stereocenters. The molecule has 0 unspecified atom stereocenters. The summed E-state index contributed by atoms with van der Waals surface area (Å²) in [6.07, 6.45) is -0.294. The van der Waals surface area contributed by atoms with Crippen molar-refractivity contribution in [2.75, 3.05) is 14.2 Å². The minimum atomic E-state index is -0.294. The Balaban J connectivity index is 2.24. The zero-order valence-electron chi connectivity index (χ0n) is 11.0. The third-order valence-corrected chi connectivity index (χ3v) is 3.00. The van der Waals surface area contributed by atoms with E-state index < -0.39 is 0 Å². The molecule has 0 aliphatic rings. The zero-order valence-corrected chi connectivity index (χ0v) is 11.0. The Hall–Kier alpha value is -1.64. The Morgan fingerprint density at radius 2 is 1.17 bits per heavy atom. The van der Waals surface area contributed by atoms with Gasteiger partial charge in [-0.3, -0.25) is 0 Å². The average molecular weight is 242 g/mol. The summed E-state index contributed by atoms with van der Waals surface area (Å²) in [6.45, 7) is 2.09. The van der Waals surface area contributed by atoms with E-state index in [-0.39, 0.29) is 6.29 Å². The van der Waals surface area contributed by atoms with Gasteiger partial charge in [0.25, 0.3) is 0 Å². The highest BCUT2D eigenvalue weighted by molar-refractivity contribution is 5.63. The molecule has 0 fully saturated rings. The average Bonchev–Trinajstić information content (AvgIpc) is 2.42. The van der Waals surface area contributed by atoms with Crippen molar-refractivity contribution in [3.8, 4) is 11.1 Å². The Morgan fingerprint density at radius 3 is 1.61 bits per heavy atom. The van der Waals surface area contributed by atoms with Gasteiger partial charge in [-0.2, -0.15) is 0 Å². The van der Waals surface area contributed by atoms with Gasteiger partial charge in [0.1, 0.15) is 0 Å². The second-order valence-electron chi connectivity index (χ2n) is 4.29. The molecular formula is C16H18O2. The lowest BCUT2D eigenvalue weighted by Crippen LogP contribution is -2.03. The van der Waals surface area contributed by atoms with E-state index in [0.717, 1.165) is 5.56 Å². The first-order chi connectivity index (χ1) is 8.74. The van der Waals surface area contributed by atoms with Crippen molar-refractivity contribution in [3.63, 3.8) is 0 Å². The third kappa shape index (κ3) is 2.78. The van der Waals surface area contributed by atoms with Crippen LogP contribution in [0.2, 0.25) is 0 Å². The quantitative estimate of drug-likeness (QED) is 0.756. The number of rotatable bonds is 4. The summed E-state index contributed by atoms with van der Waals surface area (Å²) in [5.74, 6) is 0. The van der Waals surface area contributed by atoms with Gasteiger partial charge in [-0.1, -0.05) is 54.1 Å². The fraction of sp³-hybridized carbons (Fsp3) is 0.250. The molecule has 2 aromatic carbocycles. The Labute approximate surface area is 108 Å². The molecular weight excluding hydrogens is 224 g/mol. The topological polar surface area (TPSA) is 18.5 Å². The van der Waals surface area contributed by atoms with Gasteiger partial charge in [0, 0.05) is 19.8 Å². The lowest BCUT2D eigenvalue weighted by molar-refractivity contribution is -0.106. The molecule has 0 aromatic heterocycles. The van der Waals surface area contributed by atoms with E-state index in [4.69, 9.17) is 9.47 Å². The molecule has 2 heteroatoms. The molecule has 0 N–H and O–H groups in total. The van der Waals surface area contributed by atoms with Crippen molar-refractivity contribution in [1.29, 1.82) is 0 Å². The van der Waals surface area contributed by atoms with Crippen LogP contribution in [0.4, 0.5) is 0 Å². The normalized spacial score (nSPS) is 10.9. The van der Waals surface area contributed by atoms with E-state index in [1.165, 1.54) is 16.7 Å². The molecule has 94 valence electrons. The van der Waals surface area contributed by atoms with Crippen LogP contribution in [0.1, 0.15) is 17.4 Å². The molecule has 2 nitrogen and oxygen atoms in total. The highest BCUT2D eigenvalue weighted by Crippen LogP contribution is 2.23. The molecule has 2 rings (SSSR count). The minimum Gasteiger partial charge on any atom is -0.352 e. The third-order valence-electron chi connectivity index (χ3n) is 3.00. The van der Waals surface area contributed by atoms with E-state index in [0.29, 0.717) is 0 Å². The summed E-state index contributed by atoms with van der Waals surface area (Å²) in [5, 5.41) is 0. The molecule has 0 bridgehead atoms. The summed E-state index contributed by atoms with van der Waals surface area (Å²) in [5.41, 5.74) is 4.72. The van der Waals surface area contributed by atoms with Gasteiger partial charge in [-0.05, 0) is 18.1 Å². The molecule has 0 aliphatic heterocycles. The molecule has 0 heterocycles. The van der Waals surface area contributed by atoms with Crippen LogP contribution in [0.5, 0.6) is 0 Å². The van der Waals surface area contributed by atoms with Gasteiger partial charge in [0.05, 0.1) is 0 Å². The number of aryl methyl sites for hydroxylation is 1. The van der Waals surface area contributed by atoms with E-state index >= 15 is 0 Å². The maximum atomic E-state index is 5.22. The largest absolute Gasteiger partial charge is 0.352 e. The van der Waals surface area contributed by atoms with Crippen molar-refractivity contribution in [2.45, 2.75) is 13.2 Å². The van der Waals surface area contributed by atoms with Gasteiger partial charge in [-0.15, -0.1) is 0 Å². The second-order valence-corrected chi connectivity index (χ2v) is 4.29. The van der Waals surface area contributed by atoms with Crippen molar-refractivity contribution in [1.82, 2.24) is 0 Å². The van der Waals surface area contributed by atoms with Crippen molar-refractivity contribution >= 4 is 0 Å². The Kier molecular flexibility index (Phi) is 4.13. The standard InChI is InChI=1S/C16H18O2/c1-12-4-6-13(7-5-12)14-8-10-15(11-9-14)16(17-2)18-3/h4-11,16H,1-3H3. The summed E-state index contributed by atoms with van der Waals surface area (Å²) in [6, 6.07) is 16.8. The number of hydrogen-bond acceptors (Lipinski definition) is 2.